The second-order valence-electron chi connectivity index (χ2n) is 3.54. The maximum Gasteiger partial charge on any atom is 0.0169 e. The summed E-state index contributed by atoms with van der Waals surface area (Å²) in [5.74, 6) is 0. The first-order chi connectivity index (χ1) is 6.85. The van der Waals surface area contributed by atoms with Crippen LogP contribution in [0.4, 0.5) is 0 Å². The second kappa shape index (κ2) is 10.4. The van der Waals surface area contributed by atoms with Crippen LogP contribution in [0.25, 0.3) is 0 Å². The number of allylic oxidation sites excluding steroid dienone is 3. The van der Waals surface area contributed by atoms with Crippen LogP contribution in [-0.4, -0.2) is 18.0 Å². The summed E-state index contributed by atoms with van der Waals surface area (Å²) in [6.07, 6.45) is 13.6. The van der Waals surface area contributed by atoms with Crippen LogP contribution >= 0.6 is 0 Å². The molecule has 0 amide bonds. The van der Waals surface area contributed by atoms with E-state index in [1.807, 2.05) is 0 Å². The van der Waals surface area contributed by atoms with Gasteiger partial charge in [-0.25, -0.2) is 0 Å². The maximum absolute atomic E-state index is 2.40. The predicted molar refractivity (Wildman–Crippen MR) is 65.3 cm³/mol. The van der Waals surface area contributed by atoms with E-state index < -0.39 is 0 Å². The molecule has 0 aliphatic heterocycles. The van der Waals surface area contributed by atoms with Crippen molar-refractivity contribution >= 4 is 0 Å². The summed E-state index contributed by atoms with van der Waals surface area (Å²) in [7, 11) is 0. The van der Waals surface area contributed by atoms with Crippen molar-refractivity contribution in [3.8, 4) is 0 Å². The first-order valence-corrected chi connectivity index (χ1v) is 5.90. The van der Waals surface area contributed by atoms with Gasteiger partial charge in [-0.2, -0.15) is 0 Å². The zero-order chi connectivity index (χ0) is 10.6. The van der Waals surface area contributed by atoms with E-state index in [9.17, 15) is 0 Å². The fourth-order valence-electron chi connectivity index (χ4n) is 1.39. The van der Waals surface area contributed by atoms with E-state index in [1.165, 1.54) is 25.9 Å². The highest BCUT2D eigenvalue weighted by Gasteiger charge is 1.93. The molecule has 0 aromatic carbocycles. The van der Waals surface area contributed by atoms with Crippen molar-refractivity contribution in [3.05, 3.63) is 24.4 Å². The standard InChI is InChI=1S/C13H25N/c1-4-7-8-9-10-13-14(11-5-2)12-6-3/h7-8,10,13H,4-6,9,11-12H2,1-3H3. The third-order valence-corrected chi connectivity index (χ3v) is 2.01. The SMILES string of the molecule is CCC=CCC=CN(CCC)CCC. The van der Waals surface area contributed by atoms with Crippen LogP contribution in [0.3, 0.4) is 0 Å². The van der Waals surface area contributed by atoms with Crippen LogP contribution < -0.4 is 0 Å². The van der Waals surface area contributed by atoms with Gasteiger partial charge in [-0.15, -0.1) is 0 Å². The fraction of sp³-hybridized carbons (Fsp3) is 0.692. The van der Waals surface area contributed by atoms with Gasteiger partial charge in [0.1, 0.15) is 0 Å². The van der Waals surface area contributed by atoms with Crippen LogP contribution in [0.15, 0.2) is 24.4 Å². The third kappa shape index (κ3) is 7.90. The third-order valence-electron chi connectivity index (χ3n) is 2.01. The Kier molecular flexibility index (Phi) is 9.83. The maximum atomic E-state index is 2.40. The van der Waals surface area contributed by atoms with Gasteiger partial charge in [-0.05, 0) is 31.9 Å². The molecule has 14 heavy (non-hydrogen) atoms. The molecule has 0 N–H and O–H groups in total. The van der Waals surface area contributed by atoms with Crippen LogP contribution in [0.2, 0.25) is 0 Å². The van der Waals surface area contributed by atoms with Crippen molar-refractivity contribution in [2.45, 2.75) is 46.5 Å². The van der Waals surface area contributed by atoms with Crippen LogP contribution in [0, 0.1) is 0 Å². The highest BCUT2D eigenvalue weighted by molar-refractivity contribution is 4.92. The monoisotopic (exact) mass is 195 g/mol. The minimum atomic E-state index is 1.07. The van der Waals surface area contributed by atoms with Gasteiger partial charge in [0.2, 0.25) is 0 Å². The van der Waals surface area contributed by atoms with Crippen molar-refractivity contribution < 1.29 is 0 Å². The topological polar surface area (TPSA) is 3.24 Å². The molecule has 0 fully saturated rings. The Bertz CT molecular complexity index is 153. The highest BCUT2D eigenvalue weighted by atomic mass is 15.1. The van der Waals surface area contributed by atoms with Crippen LogP contribution in [0.5, 0.6) is 0 Å². The Morgan fingerprint density at radius 1 is 0.857 bits per heavy atom. The van der Waals surface area contributed by atoms with E-state index in [0.717, 1.165) is 12.8 Å². The Labute approximate surface area is 89.5 Å². The van der Waals surface area contributed by atoms with Crippen molar-refractivity contribution in [1.82, 2.24) is 4.90 Å². The molecule has 0 unspecified atom stereocenters. The zero-order valence-electron chi connectivity index (χ0n) is 10.00. The van der Waals surface area contributed by atoms with E-state index in [-0.39, 0.29) is 0 Å². The average Bonchev–Trinajstić information content (AvgIpc) is 2.18. The molecule has 82 valence electrons. The summed E-state index contributed by atoms with van der Waals surface area (Å²) in [5.41, 5.74) is 0. The molecule has 0 rings (SSSR count). The molecule has 0 aromatic rings. The molecule has 0 radical (unpaired) electrons. The predicted octanol–water partition coefficient (Wildman–Crippen LogP) is 3.98. The van der Waals surface area contributed by atoms with Crippen LogP contribution in [-0.2, 0) is 0 Å². The Balaban J connectivity index is 3.70. The quantitative estimate of drug-likeness (QED) is 0.530. The van der Waals surface area contributed by atoms with E-state index in [0.29, 0.717) is 0 Å². The molecule has 1 nitrogen and oxygen atoms in total. The van der Waals surface area contributed by atoms with Gasteiger partial charge in [-0.1, -0.05) is 39.0 Å². The molecule has 0 saturated carbocycles. The highest BCUT2D eigenvalue weighted by Crippen LogP contribution is 1.97. The van der Waals surface area contributed by atoms with Gasteiger partial charge in [0.15, 0.2) is 0 Å². The lowest BCUT2D eigenvalue weighted by molar-refractivity contribution is 0.375. The Hall–Kier alpha value is -0.720. The molecule has 1 heteroatoms. The summed E-state index contributed by atoms with van der Waals surface area (Å²) in [6.45, 7) is 8.99. The molecule has 0 atom stereocenters. The molecule has 0 aliphatic rings. The van der Waals surface area contributed by atoms with E-state index in [4.69, 9.17) is 0 Å². The minimum Gasteiger partial charge on any atom is -0.378 e. The minimum absolute atomic E-state index is 1.07. The zero-order valence-corrected chi connectivity index (χ0v) is 10.00. The van der Waals surface area contributed by atoms with Crippen LogP contribution in [0.1, 0.15) is 46.5 Å². The summed E-state index contributed by atoms with van der Waals surface area (Å²) in [5, 5.41) is 0. The molecule has 0 aromatic heterocycles. The van der Waals surface area contributed by atoms with Gasteiger partial charge < -0.3 is 4.90 Å². The van der Waals surface area contributed by atoms with Crippen molar-refractivity contribution in [1.29, 1.82) is 0 Å². The molecule has 0 heterocycles. The lowest BCUT2D eigenvalue weighted by Crippen LogP contribution is -2.18. The largest absolute Gasteiger partial charge is 0.378 e. The van der Waals surface area contributed by atoms with Crippen molar-refractivity contribution in [2.24, 2.45) is 0 Å². The van der Waals surface area contributed by atoms with Gasteiger partial charge in [-0.3, -0.25) is 0 Å². The van der Waals surface area contributed by atoms with E-state index in [1.54, 1.807) is 0 Å². The number of hydrogen-bond donors (Lipinski definition) is 0. The lowest BCUT2D eigenvalue weighted by Gasteiger charge is -2.18. The van der Waals surface area contributed by atoms with Crippen molar-refractivity contribution in [2.75, 3.05) is 13.1 Å². The summed E-state index contributed by atoms with van der Waals surface area (Å²) >= 11 is 0. The smallest absolute Gasteiger partial charge is 0.0169 e. The van der Waals surface area contributed by atoms with Gasteiger partial charge in [0.05, 0.1) is 0 Å². The molecule has 0 bridgehead atoms. The Morgan fingerprint density at radius 2 is 1.50 bits per heavy atom. The van der Waals surface area contributed by atoms with Gasteiger partial charge in [0, 0.05) is 13.1 Å². The molecular weight excluding hydrogens is 170 g/mol. The number of nitrogens with zero attached hydrogens (tertiary/aromatic N) is 1. The summed E-state index contributed by atoms with van der Waals surface area (Å²) in [4.78, 5) is 2.40. The normalized spacial score (nSPS) is 11.6. The first kappa shape index (κ1) is 13.3. The fourth-order valence-corrected chi connectivity index (χ4v) is 1.39. The van der Waals surface area contributed by atoms with Gasteiger partial charge >= 0.3 is 0 Å². The van der Waals surface area contributed by atoms with Gasteiger partial charge in [0.25, 0.3) is 0 Å². The van der Waals surface area contributed by atoms with E-state index >= 15 is 0 Å². The molecular formula is C13H25N. The van der Waals surface area contributed by atoms with Crippen molar-refractivity contribution in [3.63, 3.8) is 0 Å². The molecule has 0 saturated heterocycles. The number of hydrogen-bond acceptors (Lipinski definition) is 1. The lowest BCUT2D eigenvalue weighted by atomic mass is 10.3. The summed E-state index contributed by atoms with van der Waals surface area (Å²) in [6, 6.07) is 0. The Morgan fingerprint density at radius 3 is 2.00 bits per heavy atom. The number of rotatable bonds is 8. The molecule has 0 spiro atoms. The molecule has 0 aliphatic carbocycles. The summed E-state index contributed by atoms with van der Waals surface area (Å²) < 4.78 is 0. The second-order valence-corrected chi connectivity index (χ2v) is 3.54. The van der Waals surface area contributed by atoms with E-state index in [2.05, 4.69) is 50.1 Å². The first-order valence-electron chi connectivity index (χ1n) is 5.90. The average molecular weight is 195 g/mol.